The van der Waals surface area contributed by atoms with Crippen LogP contribution in [0.4, 0.5) is 27.3 Å². The van der Waals surface area contributed by atoms with Gasteiger partial charge in [0.25, 0.3) is 0 Å². The van der Waals surface area contributed by atoms with Gasteiger partial charge in [0, 0.05) is 5.56 Å². The van der Waals surface area contributed by atoms with Crippen molar-refractivity contribution in [3.05, 3.63) is 60.4 Å². The third-order valence-corrected chi connectivity index (χ3v) is 3.38. The highest BCUT2D eigenvalue weighted by molar-refractivity contribution is 5.89. The van der Waals surface area contributed by atoms with Gasteiger partial charge in [-0.3, -0.25) is 0 Å². The van der Waals surface area contributed by atoms with Gasteiger partial charge in [0.05, 0.1) is 22.8 Å². The summed E-state index contributed by atoms with van der Waals surface area (Å²) in [6.07, 6.45) is 0. The van der Waals surface area contributed by atoms with E-state index in [1.54, 1.807) is 12.1 Å². The monoisotopic (exact) mass is 278 g/mol. The molecule has 102 valence electrons. The van der Waals surface area contributed by atoms with Crippen molar-refractivity contribution in [2.45, 2.75) is 0 Å². The molecule has 0 amide bonds. The van der Waals surface area contributed by atoms with Crippen LogP contribution in [-0.2, 0) is 0 Å². The van der Waals surface area contributed by atoms with Crippen LogP contribution in [0.25, 0.3) is 11.3 Å². The molecule has 1 aliphatic rings. The minimum Gasteiger partial charge on any atom is -0.351 e. The molecule has 2 heterocycles. The molecule has 21 heavy (non-hydrogen) atoms. The third kappa shape index (κ3) is 2.08. The summed E-state index contributed by atoms with van der Waals surface area (Å²) >= 11 is 0. The van der Waals surface area contributed by atoms with Gasteiger partial charge < -0.3 is 10.6 Å². The topological polar surface area (TPSA) is 49.8 Å². The van der Waals surface area contributed by atoms with Crippen molar-refractivity contribution in [1.82, 2.24) is 10.2 Å². The fourth-order valence-corrected chi connectivity index (χ4v) is 2.31. The lowest BCUT2D eigenvalue weighted by molar-refractivity contribution is 0.628. The molecule has 0 bridgehead atoms. The van der Waals surface area contributed by atoms with Gasteiger partial charge in [0.1, 0.15) is 5.82 Å². The number of fused-ring (bicyclic) bond motifs is 2. The molecule has 3 aromatic rings. The van der Waals surface area contributed by atoms with E-state index < -0.39 is 0 Å². The molecule has 0 fully saturated rings. The quantitative estimate of drug-likeness (QED) is 0.550. The zero-order chi connectivity index (χ0) is 14.2. The number of nitrogens with zero attached hydrogens (tertiary/aromatic N) is 2. The molecule has 4 rings (SSSR count). The van der Waals surface area contributed by atoms with Crippen molar-refractivity contribution in [3.63, 3.8) is 0 Å². The van der Waals surface area contributed by atoms with Crippen LogP contribution in [0.15, 0.2) is 54.6 Å². The number of benzene rings is 2. The van der Waals surface area contributed by atoms with E-state index in [0.29, 0.717) is 11.5 Å². The Morgan fingerprint density at radius 1 is 0.762 bits per heavy atom. The highest BCUT2D eigenvalue weighted by Crippen LogP contribution is 2.37. The first-order valence-corrected chi connectivity index (χ1v) is 6.56. The maximum atomic E-state index is 13.0. The van der Waals surface area contributed by atoms with Crippen LogP contribution in [0.1, 0.15) is 0 Å². The summed E-state index contributed by atoms with van der Waals surface area (Å²) in [5.41, 5.74) is 4.33. The normalized spacial score (nSPS) is 11.9. The average Bonchev–Trinajstić information content (AvgIpc) is 2.53. The minimum absolute atomic E-state index is 0.265. The molecular formula is C16H11FN4. The first kappa shape index (κ1) is 11.8. The van der Waals surface area contributed by atoms with Gasteiger partial charge in [-0.25, -0.2) is 4.39 Å². The standard InChI is InChI=1S/C16H11FN4/c17-11-7-5-10(6-8-11)14-9-15-16(21-20-14)19-13-4-2-1-3-12(13)18-15/h1-9,18H,(H,19,21). The summed E-state index contributed by atoms with van der Waals surface area (Å²) in [6.45, 7) is 0. The first-order chi connectivity index (χ1) is 10.3. The van der Waals surface area contributed by atoms with E-state index in [4.69, 9.17) is 0 Å². The zero-order valence-electron chi connectivity index (χ0n) is 11.0. The van der Waals surface area contributed by atoms with Gasteiger partial charge in [-0.1, -0.05) is 12.1 Å². The fraction of sp³-hybridized carbons (Fsp3) is 0. The molecule has 5 heteroatoms. The Hall–Kier alpha value is -2.95. The summed E-state index contributed by atoms with van der Waals surface area (Å²) in [5.74, 6) is 0.415. The Bertz CT molecular complexity index is 815. The summed E-state index contributed by atoms with van der Waals surface area (Å²) in [5, 5.41) is 14.9. The van der Waals surface area contributed by atoms with E-state index in [2.05, 4.69) is 20.8 Å². The number of aromatic nitrogens is 2. The molecule has 0 saturated heterocycles. The van der Waals surface area contributed by atoms with Crippen LogP contribution in [0.2, 0.25) is 0 Å². The summed E-state index contributed by atoms with van der Waals surface area (Å²) < 4.78 is 13.0. The lowest BCUT2D eigenvalue weighted by atomic mass is 10.1. The van der Waals surface area contributed by atoms with E-state index in [0.717, 1.165) is 22.6 Å². The van der Waals surface area contributed by atoms with Gasteiger partial charge in [-0.15, -0.1) is 10.2 Å². The SMILES string of the molecule is Fc1ccc(-c2cc3c(nn2)Nc2ccccc2N3)cc1. The summed E-state index contributed by atoms with van der Waals surface area (Å²) in [7, 11) is 0. The van der Waals surface area contributed by atoms with Crippen LogP contribution in [0, 0.1) is 5.82 Å². The molecular weight excluding hydrogens is 267 g/mol. The van der Waals surface area contributed by atoms with E-state index in [9.17, 15) is 4.39 Å². The highest BCUT2D eigenvalue weighted by atomic mass is 19.1. The minimum atomic E-state index is -0.265. The van der Waals surface area contributed by atoms with E-state index >= 15 is 0 Å². The Labute approximate surface area is 120 Å². The van der Waals surface area contributed by atoms with Gasteiger partial charge in [0.2, 0.25) is 0 Å². The van der Waals surface area contributed by atoms with Crippen LogP contribution in [0.5, 0.6) is 0 Å². The fourth-order valence-electron chi connectivity index (χ4n) is 2.31. The lowest BCUT2D eigenvalue weighted by Gasteiger charge is -2.21. The van der Waals surface area contributed by atoms with Crippen LogP contribution >= 0.6 is 0 Å². The number of rotatable bonds is 1. The van der Waals surface area contributed by atoms with Crippen molar-refractivity contribution in [1.29, 1.82) is 0 Å². The van der Waals surface area contributed by atoms with Crippen molar-refractivity contribution in [2.75, 3.05) is 10.6 Å². The smallest absolute Gasteiger partial charge is 0.176 e. The maximum Gasteiger partial charge on any atom is 0.176 e. The second kappa shape index (κ2) is 4.56. The third-order valence-electron chi connectivity index (χ3n) is 3.38. The molecule has 0 unspecified atom stereocenters. The van der Waals surface area contributed by atoms with Crippen molar-refractivity contribution in [2.24, 2.45) is 0 Å². The summed E-state index contributed by atoms with van der Waals surface area (Å²) in [4.78, 5) is 0. The molecule has 0 spiro atoms. The van der Waals surface area contributed by atoms with Crippen LogP contribution < -0.4 is 10.6 Å². The molecule has 2 aromatic carbocycles. The lowest BCUT2D eigenvalue weighted by Crippen LogP contribution is -2.09. The zero-order valence-corrected chi connectivity index (χ0v) is 11.0. The van der Waals surface area contributed by atoms with E-state index in [-0.39, 0.29) is 5.82 Å². The number of hydrogen-bond donors (Lipinski definition) is 2. The van der Waals surface area contributed by atoms with Crippen LogP contribution in [-0.4, -0.2) is 10.2 Å². The largest absolute Gasteiger partial charge is 0.351 e. The predicted octanol–water partition coefficient (Wildman–Crippen LogP) is 4.08. The number of nitrogens with one attached hydrogen (secondary N) is 2. The van der Waals surface area contributed by atoms with Gasteiger partial charge in [-0.05, 0) is 42.5 Å². The predicted molar refractivity (Wildman–Crippen MR) is 80.4 cm³/mol. The van der Waals surface area contributed by atoms with Crippen molar-refractivity contribution < 1.29 is 4.39 Å². The van der Waals surface area contributed by atoms with Gasteiger partial charge in [-0.2, -0.15) is 0 Å². The average molecular weight is 278 g/mol. The Morgan fingerprint density at radius 3 is 2.24 bits per heavy atom. The molecule has 4 nitrogen and oxygen atoms in total. The molecule has 0 atom stereocenters. The van der Waals surface area contributed by atoms with Gasteiger partial charge >= 0.3 is 0 Å². The molecule has 0 radical (unpaired) electrons. The van der Waals surface area contributed by atoms with Gasteiger partial charge in [0.15, 0.2) is 5.82 Å². The number of para-hydroxylation sites is 2. The second-order valence-electron chi connectivity index (χ2n) is 4.79. The molecule has 0 aliphatic carbocycles. The van der Waals surface area contributed by atoms with E-state index in [1.807, 2.05) is 30.3 Å². The Balaban J connectivity index is 1.74. The Morgan fingerprint density at radius 2 is 1.48 bits per heavy atom. The maximum absolute atomic E-state index is 13.0. The van der Waals surface area contributed by atoms with Crippen LogP contribution in [0.3, 0.4) is 0 Å². The van der Waals surface area contributed by atoms with Crippen molar-refractivity contribution >= 4 is 22.9 Å². The first-order valence-electron chi connectivity index (χ1n) is 6.56. The molecule has 1 aliphatic heterocycles. The van der Waals surface area contributed by atoms with E-state index in [1.165, 1.54) is 12.1 Å². The number of halogens is 1. The Kier molecular flexibility index (Phi) is 2.57. The second-order valence-corrected chi connectivity index (χ2v) is 4.79. The molecule has 1 aromatic heterocycles. The molecule has 2 N–H and O–H groups in total. The number of hydrogen-bond acceptors (Lipinski definition) is 4. The highest BCUT2D eigenvalue weighted by Gasteiger charge is 2.16. The summed E-state index contributed by atoms with van der Waals surface area (Å²) in [6, 6.07) is 16.0. The molecule has 0 saturated carbocycles. The number of anilines is 4. The van der Waals surface area contributed by atoms with Crippen molar-refractivity contribution in [3.8, 4) is 11.3 Å².